The molecule has 3 aromatic rings. The Bertz CT molecular complexity index is 1280. The van der Waals surface area contributed by atoms with Gasteiger partial charge in [-0.1, -0.05) is 24.3 Å². The third-order valence-electron chi connectivity index (χ3n) is 5.03. The van der Waals surface area contributed by atoms with Crippen molar-refractivity contribution in [1.29, 1.82) is 0 Å². The third-order valence-corrected chi connectivity index (χ3v) is 6.24. The Morgan fingerprint density at radius 2 is 1.67 bits per heavy atom. The normalized spacial score (nSPS) is 10.4. The number of nitro groups is 1. The molecule has 0 saturated carbocycles. The molecule has 0 radical (unpaired) electrons. The van der Waals surface area contributed by atoms with E-state index in [1.807, 2.05) is 19.1 Å². The molecule has 0 aliphatic carbocycles. The summed E-state index contributed by atoms with van der Waals surface area (Å²) in [5, 5.41) is 16.7. The van der Waals surface area contributed by atoms with Crippen molar-refractivity contribution in [2.75, 3.05) is 17.7 Å². The van der Waals surface area contributed by atoms with E-state index in [9.17, 15) is 24.5 Å². The predicted octanol–water partition coefficient (Wildman–Crippen LogP) is 4.87. The molecule has 0 spiro atoms. The number of para-hydroxylation sites is 1. The van der Waals surface area contributed by atoms with Gasteiger partial charge in [-0.3, -0.25) is 19.7 Å². The van der Waals surface area contributed by atoms with Crippen LogP contribution in [0.3, 0.4) is 0 Å². The lowest BCUT2D eigenvalue weighted by atomic mass is 10.1. The predicted molar refractivity (Wildman–Crippen MR) is 125 cm³/mol. The fraction of sp³-hybridized carbons (Fsp3) is 0.174. The van der Waals surface area contributed by atoms with Gasteiger partial charge in [0.05, 0.1) is 22.5 Å². The van der Waals surface area contributed by atoms with Gasteiger partial charge in [-0.15, -0.1) is 11.3 Å². The molecule has 2 aromatic carbocycles. The zero-order valence-electron chi connectivity index (χ0n) is 18.3. The number of ether oxygens (including phenoxy) is 1. The van der Waals surface area contributed by atoms with Crippen molar-refractivity contribution in [2.24, 2.45) is 0 Å². The second-order valence-electron chi connectivity index (χ2n) is 7.23. The van der Waals surface area contributed by atoms with Crippen LogP contribution in [0.1, 0.15) is 47.1 Å². The molecule has 0 saturated heterocycles. The molecule has 3 rings (SSSR count). The van der Waals surface area contributed by atoms with Crippen molar-refractivity contribution >= 4 is 45.5 Å². The van der Waals surface area contributed by atoms with Gasteiger partial charge in [0.25, 0.3) is 17.5 Å². The van der Waals surface area contributed by atoms with Gasteiger partial charge < -0.3 is 15.4 Å². The number of nitrogens with zero attached hydrogens (tertiary/aromatic N) is 1. The average molecular weight is 468 g/mol. The number of esters is 1. The number of benzene rings is 2. The van der Waals surface area contributed by atoms with Gasteiger partial charge in [0, 0.05) is 22.9 Å². The molecule has 9 nitrogen and oxygen atoms in total. The lowest BCUT2D eigenvalue weighted by Crippen LogP contribution is -2.15. The number of nitrogens with one attached hydrogen (secondary N) is 2. The highest BCUT2D eigenvalue weighted by molar-refractivity contribution is 7.19. The van der Waals surface area contributed by atoms with E-state index in [4.69, 9.17) is 4.74 Å². The van der Waals surface area contributed by atoms with Crippen molar-refractivity contribution in [3.05, 3.63) is 85.3 Å². The van der Waals surface area contributed by atoms with Crippen molar-refractivity contribution in [2.45, 2.75) is 20.8 Å². The summed E-state index contributed by atoms with van der Waals surface area (Å²) in [4.78, 5) is 49.0. The molecule has 10 heteroatoms. The van der Waals surface area contributed by atoms with Gasteiger partial charge >= 0.3 is 5.97 Å². The first-order chi connectivity index (χ1) is 15.6. The van der Waals surface area contributed by atoms with Crippen LogP contribution in [0.2, 0.25) is 0 Å². The zero-order chi connectivity index (χ0) is 24.3. The van der Waals surface area contributed by atoms with Crippen molar-refractivity contribution in [1.82, 2.24) is 0 Å². The van der Waals surface area contributed by atoms with Crippen LogP contribution in [0, 0.1) is 30.9 Å². The minimum atomic E-state index is -0.719. The summed E-state index contributed by atoms with van der Waals surface area (Å²) in [7, 11) is 1.20. The van der Waals surface area contributed by atoms with Gasteiger partial charge in [0.1, 0.15) is 5.00 Å². The number of carbonyl (C=O) groups is 3. The van der Waals surface area contributed by atoms with E-state index in [0.717, 1.165) is 23.0 Å². The Balaban J connectivity index is 1.96. The third kappa shape index (κ3) is 4.90. The molecule has 0 bridgehead atoms. The molecule has 0 aliphatic rings. The van der Waals surface area contributed by atoms with Gasteiger partial charge in [-0.2, -0.15) is 0 Å². The number of carbonyl (C=O) groups excluding carboxylic acids is 3. The maximum absolute atomic E-state index is 12.9. The van der Waals surface area contributed by atoms with Crippen LogP contribution >= 0.6 is 11.3 Å². The summed E-state index contributed by atoms with van der Waals surface area (Å²) >= 11 is 0.921. The lowest BCUT2D eigenvalue weighted by Gasteiger charge is -2.07. The molecule has 170 valence electrons. The highest BCUT2D eigenvalue weighted by atomic mass is 32.1. The highest BCUT2D eigenvalue weighted by Gasteiger charge is 2.27. The summed E-state index contributed by atoms with van der Waals surface area (Å²) in [5.41, 5.74) is 2.14. The van der Waals surface area contributed by atoms with Gasteiger partial charge in [0.15, 0.2) is 0 Å². The first-order valence-corrected chi connectivity index (χ1v) is 10.6. The number of hydrogen-bond donors (Lipinski definition) is 2. The van der Waals surface area contributed by atoms with E-state index >= 15 is 0 Å². The van der Waals surface area contributed by atoms with E-state index in [0.29, 0.717) is 16.8 Å². The number of aryl methyl sites for hydroxylation is 2. The maximum atomic E-state index is 12.9. The van der Waals surface area contributed by atoms with Crippen LogP contribution in [0.5, 0.6) is 0 Å². The monoisotopic (exact) mass is 467 g/mol. The molecule has 2 N–H and O–H groups in total. The van der Waals surface area contributed by atoms with E-state index < -0.39 is 22.7 Å². The molecule has 0 atom stereocenters. The number of amides is 2. The van der Waals surface area contributed by atoms with E-state index in [2.05, 4.69) is 10.6 Å². The van der Waals surface area contributed by atoms with Crippen LogP contribution in [-0.4, -0.2) is 29.8 Å². The standard InChI is InChI=1S/C23H21N3O6S/c1-12-7-5-6-8-16(12)24-21(28)19-14(3)18(23(29)32-4)22(33-19)25-20(27)15-10-9-13(2)17(11-15)26(30)31/h5-11H,1-4H3,(H,24,28)(H,25,27). The fourth-order valence-corrected chi connectivity index (χ4v) is 4.27. The second kappa shape index (κ2) is 9.61. The molecule has 1 aromatic heterocycles. The summed E-state index contributed by atoms with van der Waals surface area (Å²) < 4.78 is 4.84. The summed E-state index contributed by atoms with van der Waals surface area (Å²) in [5.74, 6) is -1.82. The molecule has 1 heterocycles. The van der Waals surface area contributed by atoms with Gasteiger partial charge in [-0.05, 0) is 44.0 Å². The topological polar surface area (TPSA) is 128 Å². The molecule has 33 heavy (non-hydrogen) atoms. The summed E-state index contributed by atoms with van der Waals surface area (Å²) in [6.07, 6.45) is 0. The van der Waals surface area contributed by atoms with Gasteiger partial charge in [0.2, 0.25) is 0 Å². The zero-order valence-corrected chi connectivity index (χ0v) is 19.2. The van der Waals surface area contributed by atoms with Crippen molar-refractivity contribution in [3.63, 3.8) is 0 Å². The van der Waals surface area contributed by atoms with E-state index in [-0.39, 0.29) is 26.7 Å². The van der Waals surface area contributed by atoms with Gasteiger partial charge in [-0.25, -0.2) is 4.79 Å². The highest BCUT2D eigenvalue weighted by Crippen LogP contribution is 2.35. The average Bonchev–Trinajstić information content (AvgIpc) is 3.10. The summed E-state index contributed by atoms with van der Waals surface area (Å²) in [6, 6.07) is 11.3. The van der Waals surface area contributed by atoms with Crippen LogP contribution < -0.4 is 10.6 Å². The Labute approximate surface area is 193 Å². The SMILES string of the molecule is COC(=O)c1c(NC(=O)c2ccc(C)c([N+](=O)[O-])c2)sc(C(=O)Nc2ccccc2C)c1C. The Morgan fingerprint density at radius 1 is 0.970 bits per heavy atom. The van der Waals surface area contributed by atoms with Crippen molar-refractivity contribution < 1.29 is 24.0 Å². The molecule has 2 amide bonds. The van der Waals surface area contributed by atoms with E-state index in [1.165, 1.54) is 19.2 Å². The Hall–Kier alpha value is -4.05. The number of hydrogen-bond acceptors (Lipinski definition) is 7. The molecule has 0 fully saturated rings. The quantitative estimate of drug-likeness (QED) is 0.302. The molecule has 0 aliphatic heterocycles. The number of rotatable bonds is 6. The number of nitro benzene ring substituents is 1. The largest absolute Gasteiger partial charge is 0.465 e. The van der Waals surface area contributed by atoms with Crippen LogP contribution in [0.25, 0.3) is 0 Å². The summed E-state index contributed by atoms with van der Waals surface area (Å²) in [6.45, 7) is 5.00. The Kier molecular flexibility index (Phi) is 6.88. The maximum Gasteiger partial charge on any atom is 0.341 e. The molecular formula is C23H21N3O6S. The van der Waals surface area contributed by atoms with Crippen LogP contribution in [-0.2, 0) is 4.74 Å². The number of anilines is 2. The van der Waals surface area contributed by atoms with Crippen molar-refractivity contribution in [3.8, 4) is 0 Å². The van der Waals surface area contributed by atoms with E-state index in [1.54, 1.807) is 26.0 Å². The smallest absolute Gasteiger partial charge is 0.341 e. The molecular weight excluding hydrogens is 446 g/mol. The fourth-order valence-electron chi connectivity index (χ4n) is 3.18. The lowest BCUT2D eigenvalue weighted by molar-refractivity contribution is -0.385. The number of thiophene rings is 1. The van der Waals surface area contributed by atoms with Crippen LogP contribution in [0.4, 0.5) is 16.4 Å². The Morgan fingerprint density at radius 3 is 2.30 bits per heavy atom. The van der Waals surface area contributed by atoms with Crippen LogP contribution in [0.15, 0.2) is 42.5 Å². The number of methoxy groups -OCH3 is 1. The molecule has 0 unspecified atom stereocenters. The first kappa shape index (κ1) is 23.6. The first-order valence-electron chi connectivity index (χ1n) is 9.79. The second-order valence-corrected chi connectivity index (χ2v) is 8.25. The minimum Gasteiger partial charge on any atom is -0.465 e. The minimum absolute atomic E-state index is 0.0417.